The van der Waals surface area contributed by atoms with E-state index in [1.807, 2.05) is 0 Å². The first-order valence-electron chi connectivity index (χ1n) is 7.95. The number of benzene rings is 1. The van der Waals surface area contributed by atoms with Crippen molar-refractivity contribution in [3.05, 3.63) is 23.8 Å². The standard InChI is InChI=1S/C16H19F3N6O/c1-26-11-8-9(25-6-4-22-5-7-25)2-3-10(11)13-12(16(17,18)19)14(20)24-15(21)23-13/h2-3,8,22H,4-7H2,1H3,(H4,20,21,23,24). The Morgan fingerprint density at radius 2 is 1.85 bits per heavy atom. The van der Waals surface area contributed by atoms with Crippen molar-refractivity contribution >= 4 is 17.5 Å². The van der Waals surface area contributed by atoms with E-state index in [4.69, 9.17) is 16.2 Å². The van der Waals surface area contributed by atoms with Crippen molar-refractivity contribution in [1.29, 1.82) is 0 Å². The van der Waals surface area contributed by atoms with Crippen molar-refractivity contribution in [2.75, 3.05) is 49.7 Å². The van der Waals surface area contributed by atoms with E-state index in [2.05, 4.69) is 20.2 Å². The Kier molecular flexibility index (Phi) is 4.77. The number of halogens is 3. The Morgan fingerprint density at radius 3 is 2.46 bits per heavy atom. The number of piperazine rings is 1. The number of nitrogens with two attached hydrogens (primary N) is 2. The third-order valence-corrected chi connectivity index (χ3v) is 4.16. The molecule has 7 nitrogen and oxygen atoms in total. The lowest BCUT2D eigenvalue weighted by molar-refractivity contribution is -0.136. The molecule has 26 heavy (non-hydrogen) atoms. The maximum Gasteiger partial charge on any atom is 0.422 e. The van der Waals surface area contributed by atoms with Crippen LogP contribution in [-0.4, -0.2) is 43.3 Å². The predicted octanol–water partition coefficient (Wildman–Crippen LogP) is 1.74. The second-order valence-corrected chi connectivity index (χ2v) is 5.81. The minimum Gasteiger partial charge on any atom is -0.496 e. The molecule has 140 valence electrons. The van der Waals surface area contributed by atoms with Gasteiger partial charge in [-0.05, 0) is 12.1 Å². The zero-order chi connectivity index (χ0) is 18.9. The number of anilines is 3. The van der Waals surface area contributed by atoms with Gasteiger partial charge in [0.1, 0.15) is 17.1 Å². The van der Waals surface area contributed by atoms with Crippen LogP contribution in [0.2, 0.25) is 0 Å². The third kappa shape index (κ3) is 3.45. The first kappa shape index (κ1) is 18.1. The molecule has 0 radical (unpaired) electrons. The van der Waals surface area contributed by atoms with Crippen molar-refractivity contribution in [3.63, 3.8) is 0 Å². The second kappa shape index (κ2) is 6.87. The summed E-state index contributed by atoms with van der Waals surface area (Å²) in [6.45, 7) is 3.26. The fraction of sp³-hybridized carbons (Fsp3) is 0.375. The quantitative estimate of drug-likeness (QED) is 0.758. The molecule has 1 aliphatic rings. The molecule has 1 aromatic carbocycles. The highest BCUT2D eigenvalue weighted by Gasteiger charge is 2.39. The fourth-order valence-electron chi connectivity index (χ4n) is 2.97. The topological polar surface area (TPSA) is 102 Å². The van der Waals surface area contributed by atoms with E-state index in [1.54, 1.807) is 12.1 Å². The molecule has 1 aliphatic heterocycles. The smallest absolute Gasteiger partial charge is 0.422 e. The zero-order valence-electron chi connectivity index (χ0n) is 14.1. The van der Waals surface area contributed by atoms with Crippen LogP contribution >= 0.6 is 0 Å². The molecule has 1 saturated heterocycles. The van der Waals surface area contributed by atoms with Crippen LogP contribution in [0.5, 0.6) is 5.75 Å². The van der Waals surface area contributed by atoms with Crippen LogP contribution in [0.1, 0.15) is 5.56 Å². The first-order chi connectivity index (χ1) is 12.3. The molecule has 0 bridgehead atoms. The van der Waals surface area contributed by atoms with Gasteiger partial charge in [0.15, 0.2) is 0 Å². The zero-order valence-corrected chi connectivity index (χ0v) is 14.1. The summed E-state index contributed by atoms with van der Waals surface area (Å²) in [7, 11) is 1.39. The molecular formula is C16H19F3N6O. The third-order valence-electron chi connectivity index (χ3n) is 4.16. The SMILES string of the molecule is COc1cc(N2CCNCC2)ccc1-c1nc(N)nc(N)c1C(F)(F)F. The number of alkyl halides is 3. The van der Waals surface area contributed by atoms with Crippen molar-refractivity contribution < 1.29 is 17.9 Å². The summed E-state index contributed by atoms with van der Waals surface area (Å²) in [5.41, 5.74) is 10.5. The van der Waals surface area contributed by atoms with E-state index in [-0.39, 0.29) is 17.3 Å². The van der Waals surface area contributed by atoms with Gasteiger partial charge in [-0.1, -0.05) is 0 Å². The predicted molar refractivity (Wildman–Crippen MR) is 92.9 cm³/mol. The van der Waals surface area contributed by atoms with Gasteiger partial charge in [0.25, 0.3) is 0 Å². The minimum atomic E-state index is -4.73. The molecule has 0 atom stereocenters. The maximum atomic E-state index is 13.5. The number of methoxy groups -OCH3 is 1. The Balaban J connectivity index is 2.12. The molecule has 2 heterocycles. The summed E-state index contributed by atoms with van der Waals surface area (Å²) < 4.78 is 45.8. The van der Waals surface area contributed by atoms with Gasteiger partial charge in [0.2, 0.25) is 5.95 Å². The van der Waals surface area contributed by atoms with E-state index in [0.717, 1.165) is 31.9 Å². The highest BCUT2D eigenvalue weighted by atomic mass is 19.4. The molecule has 0 unspecified atom stereocenters. The molecule has 5 N–H and O–H groups in total. The van der Waals surface area contributed by atoms with Crippen molar-refractivity contribution in [1.82, 2.24) is 15.3 Å². The number of hydrogen-bond donors (Lipinski definition) is 3. The van der Waals surface area contributed by atoms with Crippen molar-refractivity contribution in [2.24, 2.45) is 0 Å². The Hall–Kier alpha value is -2.75. The Labute approximate surface area is 148 Å². The molecule has 2 aromatic rings. The number of nitrogen functional groups attached to an aromatic ring is 2. The minimum absolute atomic E-state index is 0.152. The summed E-state index contributed by atoms with van der Waals surface area (Å²) in [4.78, 5) is 9.35. The number of nitrogens with zero attached hydrogens (tertiary/aromatic N) is 3. The average molecular weight is 368 g/mol. The van der Waals surface area contributed by atoms with Crippen LogP contribution in [-0.2, 0) is 6.18 Å². The summed E-state index contributed by atoms with van der Waals surface area (Å²) in [5, 5.41) is 3.24. The lowest BCUT2D eigenvalue weighted by atomic mass is 10.0. The van der Waals surface area contributed by atoms with E-state index in [0.29, 0.717) is 0 Å². The summed E-state index contributed by atoms with van der Waals surface area (Å²) in [5.74, 6) is -0.795. The van der Waals surface area contributed by atoms with Crippen LogP contribution in [0.25, 0.3) is 11.3 Å². The monoisotopic (exact) mass is 368 g/mol. The maximum absolute atomic E-state index is 13.5. The van der Waals surface area contributed by atoms with Gasteiger partial charge < -0.3 is 26.4 Å². The Morgan fingerprint density at radius 1 is 1.15 bits per heavy atom. The van der Waals surface area contributed by atoms with Gasteiger partial charge >= 0.3 is 6.18 Å². The molecule has 3 rings (SSSR count). The highest BCUT2D eigenvalue weighted by molar-refractivity contribution is 5.77. The summed E-state index contributed by atoms with van der Waals surface area (Å²) in [6.07, 6.45) is -4.73. The van der Waals surface area contributed by atoms with E-state index in [9.17, 15) is 13.2 Å². The van der Waals surface area contributed by atoms with Crippen LogP contribution in [0, 0.1) is 0 Å². The van der Waals surface area contributed by atoms with Crippen molar-refractivity contribution in [2.45, 2.75) is 6.18 Å². The molecule has 0 aliphatic carbocycles. The van der Waals surface area contributed by atoms with Crippen LogP contribution in [0.15, 0.2) is 18.2 Å². The molecule has 0 spiro atoms. The van der Waals surface area contributed by atoms with Crippen LogP contribution in [0.3, 0.4) is 0 Å². The number of nitrogens with one attached hydrogen (secondary N) is 1. The highest BCUT2D eigenvalue weighted by Crippen LogP contribution is 2.42. The van der Waals surface area contributed by atoms with E-state index >= 15 is 0 Å². The number of ether oxygens (including phenoxy) is 1. The lowest BCUT2D eigenvalue weighted by Gasteiger charge is -2.30. The molecule has 1 aromatic heterocycles. The number of rotatable bonds is 3. The normalized spacial score (nSPS) is 15.2. The van der Waals surface area contributed by atoms with Gasteiger partial charge in [-0.15, -0.1) is 0 Å². The Bertz CT molecular complexity index is 805. The summed E-state index contributed by atoms with van der Waals surface area (Å²) in [6, 6.07) is 4.96. The largest absolute Gasteiger partial charge is 0.496 e. The molecule has 0 amide bonds. The van der Waals surface area contributed by atoms with Gasteiger partial charge in [-0.3, -0.25) is 0 Å². The van der Waals surface area contributed by atoms with E-state index < -0.39 is 23.3 Å². The van der Waals surface area contributed by atoms with Gasteiger partial charge in [-0.25, -0.2) is 4.98 Å². The molecular weight excluding hydrogens is 349 g/mol. The lowest BCUT2D eigenvalue weighted by Crippen LogP contribution is -2.43. The number of hydrogen-bond acceptors (Lipinski definition) is 7. The van der Waals surface area contributed by atoms with Crippen LogP contribution in [0.4, 0.5) is 30.6 Å². The first-order valence-corrected chi connectivity index (χ1v) is 7.95. The average Bonchev–Trinajstić information content (AvgIpc) is 2.60. The summed E-state index contributed by atoms with van der Waals surface area (Å²) >= 11 is 0. The van der Waals surface area contributed by atoms with Gasteiger partial charge in [-0.2, -0.15) is 18.2 Å². The van der Waals surface area contributed by atoms with Gasteiger partial charge in [0.05, 0.1) is 12.8 Å². The van der Waals surface area contributed by atoms with Gasteiger partial charge in [0, 0.05) is 43.5 Å². The molecule has 10 heteroatoms. The van der Waals surface area contributed by atoms with E-state index in [1.165, 1.54) is 13.2 Å². The van der Waals surface area contributed by atoms with Crippen LogP contribution < -0.4 is 26.4 Å². The second-order valence-electron chi connectivity index (χ2n) is 5.81. The van der Waals surface area contributed by atoms with Crippen molar-refractivity contribution in [3.8, 4) is 17.0 Å². The fourth-order valence-corrected chi connectivity index (χ4v) is 2.97. The molecule has 0 saturated carbocycles. The molecule has 1 fully saturated rings. The number of aromatic nitrogens is 2.